The molecule has 0 atom stereocenters. The van der Waals surface area contributed by atoms with Crippen LogP contribution >= 0.6 is 0 Å². The van der Waals surface area contributed by atoms with Gasteiger partial charge >= 0.3 is 0 Å². The van der Waals surface area contributed by atoms with E-state index in [1.54, 1.807) is 0 Å². The lowest BCUT2D eigenvalue weighted by Gasteiger charge is -1.98. The molecule has 0 amide bonds. The van der Waals surface area contributed by atoms with E-state index >= 15 is 0 Å². The standard InChI is InChI=1S/C11H16.C3H6O/c1-2-3-5-8-11-9-6-4-7-10-11;1-2-3-4/h4,6-7,9-10H,2-3,5,8H2,1H3;2,4H,1,3H2. The summed E-state index contributed by atoms with van der Waals surface area (Å²) >= 11 is 0. The van der Waals surface area contributed by atoms with Gasteiger partial charge in [-0.2, -0.15) is 0 Å². The summed E-state index contributed by atoms with van der Waals surface area (Å²) in [5, 5.41) is 7.76. The fraction of sp³-hybridized carbons (Fsp3) is 0.429. The smallest absolute Gasteiger partial charge is 0.0609 e. The minimum Gasteiger partial charge on any atom is -0.392 e. The molecule has 15 heavy (non-hydrogen) atoms. The van der Waals surface area contributed by atoms with Crippen molar-refractivity contribution >= 4 is 0 Å². The second kappa shape index (κ2) is 11.0. The van der Waals surface area contributed by atoms with Crippen molar-refractivity contribution in [3.63, 3.8) is 0 Å². The zero-order chi connectivity index (χ0) is 11.4. The molecule has 0 heterocycles. The Morgan fingerprint density at radius 2 is 1.80 bits per heavy atom. The number of hydrogen-bond acceptors (Lipinski definition) is 1. The van der Waals surface area contributed by atoms with Crippen LogP contribution in [0, 0.1) is 0 Å². The van der Waals surface area contributed by atoms with E-state index in [1.807, 2.05) is 0 Å². The van der Waals surface area contributed by atoms with Crippen molar-refractivity contribution in [2.75, 3.05) is 6.61 Å². The fourth-order valence-corrected chi connectivity index (χ4v) is 1.22. The topological polar surface area (TPSA) is 20.2 Å². The summed E-state index contributed by atoms with van der Waals surface area (Å²) < 4.78 is 0. The molecule has 1 heteroatoms. The molecule has 0 aromatic heterocycles. The maximum atomic E-state index is 7.76. The Bertz CT molecular complexity index is 228. The number of benzene rings is 1. The van der Waals surface area contributed by atoms with Crippen molar-refractivity contribution in [2.45, 2.75) is 32.6 Å². The monoisotopic (exact) mass is 206 g/mol. The SMILES string of the molecule is C=CCO.CCCCCc1ccccc1. The number of hydrogen-bond donors (Lipinski definition) is 1. The molecule has 0 saturated carbocycles. The predicted octanol–water partition coefficient (Wildman–Crippen LogP) is 3.58. The van der Waals surface area contributed by atoms with Crippen molar-refractivity contribution in [2.24, 2.45) is 0 Å². The molecule has 0 unspecified atom stereocenters. The van der Waals surface area contributed by atoms with Crippen molar-refractivity contribution in [3.05, 3.63) is 48.6 Å². The Balaban J connectivity index is 0.000000423. The molecule has 0 aliphatic rings. The van der Waals surface area contributed by atoms with E-state index in [1.165, 1.54) is 37.3 Å². The molecule has 0 aliphatic carbocycles. The molecule has 0 spiro atoms. The average molecular weight is 206 g/mol. The van der Waals surface area contributed by atoms with Crippen LogP contribution in [0.1, 0.15) is 31.7 Å². The summed E-state index contributed by atoms with van der Waals surface area (Å²) in [7, 11) is 0. The van der Waals surface area contributed by atoms with E-state index < -0.39 is 0 Å². The van der Waals surface area contributed by atoms with Crippen molar-refractivity contribution in [1.29, 1.82) is 0 Å². The number of aliphatic hydroxyl groups excluding tert-OH is 1. The van der Waals surface area contributed by atoms with Crippen molar-refractivity contribution in [1.82, 2.24) is 0 Å². The first-order chi connectivity index (χ1) is 7.35. The summed E-state index contributed by atoms with van der Waals surface area (Å²) in [5.41, 5.74) is 1.47. The first-order valence-electron chi connectivity index (χ1n) is 5.60. The summed E-state index contributed by atoms with van der Waals surface area (Å²) in [6.07, 6.45) is 6.68. The van der Waals surface area contributed by atoms with Crippen LogP contribution in [0.2, 0.25) is 0 Å². The van der Waals surface area contributed by atoms with Gasteiger partial charge in [-0.25, -0.2) is 0 Å². The molecule has 0 radical (unpaired) electrons. The fourth-order valence-electron chi connectivity index (χ4n) is 1.22. The first kappa shape index (κ1) is 13.9. The minimum absolute atomic E-state index is 0.0833. The molecule has 1 nitrogen and oxygen atoms in total. The highest BCUT2D eigenvalue weighted by Crippen LogP contribution is 2.05. The van der Waals surface area contributed by atoms with E-state index in [4.69, 9.17) is 5.11 Å². The lowest BCUT2D eigenvalue weighted by Crippen LogP contribution is -1.83. The highest BCUT2D eigenvalue weighted by Gasteiger charge is 1.89. The van der Waals surface area contributed by atoms with E-state index in [0.717, 1.165) is 0 Å². The maximum Gasteiger partial charge on any atom is 0.0609 e. The highest BCUT2D eigenvalue weighted by atomic mass is 16.2. The molecule has 84 valence electrons. The number of aliphatic hydroxyl groups is 1. The van der Waals surface area contributed by atoms with Gasteiger partial charge < -0.3 is 5.11 Å². The molecular weight excluding hydrogens is 184 g/mol. The van der Waals surface area contributed by atoms with Gasteiger partial charge in [0.2, 0.25) is 0 Å². The van der Waals surface area contributed by atoms with Crippen molar-refractivity contribution in [3.8, 4) is 0 Å². The highest BCUT2D eigenvalue weighted by molar-refractivity contribution is 5.14. The van der Waals surface area contributed by atoms with E-state index in [2.05, 4.69) is 43.8 Å². The van der Waals surface area contributed by atoms with Crippen LogP contribution in [0.5, 0.6) is 0 Å². The van der Waals surface area contributed by atoms with Gasteiger partial charge in [0.25, 0.3) is 0 Å². The Labute approximate surface area is 93.5 Å². The summed E-state index contributed by atoms with van der Waals surface area (Å²) in [4.78, 5) is 0. The van der Waals surface area contributed by atoms with Crippen molar-refractivity contribution < 1.29 is 5.11 Å². The molecule has 0 aliphatic heterocycles. The van der Waals surface area contributed by atoms with Gasteiger partial charge in [-0.3, -0.25) is 0 Å². The zero-order valence-electron chi connectivity index (χ0n) is 9.65. The molecule has 1 aromatic carbocycles. The van der Waals surface area contributed by atoms with Gasteiger partial charge in [-0.15, -0.1) is 6.58 Å². The van der Waals surface area contributed by atoms with Gasteiger partial charge in [0.05, 0.1) is 6.61 Å². The van der Waals surface area contributed by atoms with Crippen LogP contribution in [-0.4, -0.2) is 11.7 Å². The van der Waals surface area contributed by atoms with Crippen LogP contribution in [-0.2, 0) is 6.42 Å². The third-order valence-corrected chi connectivity index (χ3v) is 2.04. The Morgan fingerprint density at radius 3 is 2.27 bits per heavy atom. The molecular formula is C14H22O. The predicted molar refractivity (Wildman–Crippen MR) is 67.0 cm³/mol. The minimum atomic E-state index is 0.0833. The second-order valence-electron chi connectivity index (χ2n) is 3.41. The number of aryl methyl sites for hydroxylation is 1. The zero-order valence-corrected chi connectivity index (χ0v) is 9.65. The average Bonchev–Trinajstić information content (AvgIpc) is 2.31. The van der Waals surface area contributed by atoms with Crippen LogP contribution in [0.4, 0.5) is 0 Å². The molecule has 1 rings (SSSR count). The van der Waals surface area contributed by atoms with Gasteiger partial charge in [0, 0.05) is 0 Å². The van der Waals surface area contributed by atoms with Crippen LogP contribution in [0.15, 0.2) is 43.0 Å². The Hall–Kier alpha value is -1.08. The summed E-state index contributed by atoms with van der Waals surface area (Å²) in [6, 6.07) is 10.7. The lowest BCUT2D eigenvalue weighted by molar-refractivity contribution is 0.343. The second-order valence-corrected chi connectivity index (χ2v) is 3.41. The largest absolute Gasteiger partial charge is 0.392 e. The maximum absolute atomic E-state index is 7.76. The molecule has 0 saturated heterocycles. The lowest BCUT2D eigenvalue weighted by atomic mass is 10.1. The molecule has 0 fully saturated rings. The van der Waals surface area contributed by atoms with Gasteiger partial charge in [-0.1, -0.05) is 56.2 Å². The summed E-state index contributed by atoms with van der Waals surface area (Å²) in [5.74, 6) is 0. The Morgan fingerprint density at radius 1 is 1.20 bits per heavy atom. The van der Waals surface area contributed by atoms with Crippen LogP contribution < -0.4 is 0 Å². The van der Waals surface area contributed by atoms with Gasteiger partial charge in [0.1, 0.15) is 0 Å². The van der Waals surface area contributed by atoms with Crippen LogP contribution in [0.25, 0.3) is 0 Å². The first-order valence-corrected chi connectivity index (χ1v) is 5.60. The number of unbranched alkanes of at least 4 members (excludes halogenated alkanes) is 2. The Kier molecular flexibility index (Phi) is 10.2. The number of rotatable bonds is 5. The van der Waals surface area contributed by atoms with Crippen LogP contribution in [0.3, 0.4) is 0 Å². The van der Waals surface area contributed by atoms with Gasteiger partial charge in [-0.05, 0) is 18.4 Å². The summed E-state index contributed by atoms with van der Waals surface area (Å²) in [6.45, 7) is 5.55. The quantitative estimate of drug-likeness (QED) is 0.576. The molecule has 1 aromatic rings. The molecule has 1 N–H and O–H groups in total. The van der Waals surface area contributed by atoms with E-state index in [0.29, 0.717) is 0 Å². The van der Waals surface area contributed by atoms with E-state index in [-0.39, 0.29) is 6.61 Å². The normalized spacial score (nSPS) is 8.93. The molecule has 0 bridgehead atoms. The van der Waals surface area contributed by atoms with Gasteiger partial charge in [0.15, 0.2) is 0 Å². The third kappa shape index (κ3) is 9.23. The third-order valence-electron chi connectivity index (χ3n) is 2.04. The van der Waals surface area contributed by atoms with E-state index in [9.17, 15) is 0 Å².